The SMILES string of the molecule is CS(=O)(=O)c1ccc(C(=O)N2CC3CCC(N)C3C2)cc1Br. The number of nitrogens with two attached hydrogens (primary N) is 1. The fourth-order valence-electron chi connectivity index (χ4n) is 3.59. The number of hydrogen-bond donors (Lipinski definition) is 1. The molecular weight excluding hydrogens is 368 g/mol. The second-order valence-corrected chi connectivity index (χ2v) is 9.13. The van der Waals surface area contributed by atoms with E-state index in [1.165, 1.54) is 6.07 Å². The van der Waals surface area contributed by atoms with E-state index >= 15 is 0 Å². The van der Waals surface area contributed by atoms with E-state index in [0.29, 0.717) is 28.4 Å². The van der Waals surface area contributed by atoms with Crippen LogP contribution >= 0.6 is 15.9 Å². The van der Waals surface area contributed by atoms with Crippen molar-refractivity contribution in [2.45, 2.75) is 23.8 Å². The lowest BCUT2D eigenvalue weighted by Crippen LogP contribution is -2.33. The lowest BCUT2D eigenvalue weighted by molar-refractivity contribution is 0.0779. The zero-order valence-corrected chi connectivity index (χ0v) is 14.7. The molecule has 22 heavy (non-hydrogen) atoms. The summed E-state index contributed by atoms with van der Waals surface area (Å²) in [4.78, 5) is 14.7. The highest BCUT2D eigenvalue weighted by Crippen LogP contribution is 2.37. The summed E-state index contributed by atoms with van der Waals surface area (Å²) in [6.45, 7) is 1.46. The standard InChI is InChI=1S/C15H19BrN2O3S/c1-22(20,21)14-5-3-9(6-12(14)16)15(19)18-7-10-2-4-13(17)11(10)8-18/h3,5-6,10-11,13H,2,4,7-8,17H2,1H3. The summed E-state index contributed by atoms with van der Waals surface area (Å²) >= 11 is 3.25. The molecule has 0 aromatic heterocycles. The van der Waals surface area contributed by atoms with Crippen molar-refractivity contribution >= 4 is 31.7 Å². The maximum absolute atomic E-state index is 12.6. The van der Waals surface area contributed by atoms with E-state index in [9.17, 15) is 13.2 Å². The van der Waals surface area contributed by atoms with E-state index in [0.717, 1.165) is 25.6 Å². The molecule has 0 bridgehead atoms. The zero-order valence-electron chi connectivity index (χ0n) is 12.3. The Morgan fingerprint density at radius 2 is 2.05 bits per heavy atom. The summed E-state index contributed by atoms with van der Waals surface area (Å²) in [5.41, 5.74) is 6.61. The first kappa shape index (κ1) is 16.0. The van der Waals surface area contributed by atoms with Crippen LogP contribution in [0.15, 0.2) is 27.6 Å². The second-order valence-electron chi connectivity index (χ2n) is 6.29. The number of benzene rings is 1. The number of carbonyl (C=O) groups is 1. The average Bonchev–Trinajstić information content (AvgIpc) is 2.99. The number of sulfone groups is 1. The first-order valence-corrected chi connectivity index (χ1v) is 10.0. The number of hydrogen-bond acceptors (Lipinski definition) is 4. The highest BCUT2D eigenvalue weighted by Gasteiger charge is 2.42. The molecule has 2 N–H and O–H groups in total. The van der Waals surface area contributed by atoms with Crippen molar-refractivity contribution in [2.75, 3.05) is 19.3 Å². The number of nitrogens with zero attached hydrogens (tertiary/aromatic N) is 1. The van der Waals surface area contributed by atoms with Gasteiger partial charge in [-0.1, -0.05) is 0 Å². The van der Waals surface area contributed by atoms with Crippen LogP contribution in [-0.2, 0) is 9.84 Å². The minimum atomic E-state index is -3.30. The molecule has 1 aromatic rings. The van der Waals surface area contributed by atoms with Crippen LogP contribution in [0.4, 0.5) is 0 Å². The van der Waals surface area contributed by atoms with Crippen LogP contribution in [0, 0.1) is 11.8 Å². The molecule has 1 saturated heterocycles. The minimum Gasteiger partial charge on any atom is -0.338 e. The molecule has 1 aliphatic heterocycles. The van der Waals surface area contributed by atoms with Gasteiger partial charge in [0.25, 0.3) is 5.91 Å². The monoisotopic (exact) mass is 386 g/mol. The van der Waals surface area contributed by atoms with Crippen LogP contribution in [0.2, 0.25) is 0 Å². The molecule has 2 aliphatic rings. The van der Waals surface area contributed by atoms with Gasteiger partial charge < -0.3 is 10.6 Å². The first-order chi connectivity index (χ1) is 10.3. The molecule has 1 amide bonds. The Kier molecular flexibility index (Phi) is 4.07. The Morgan fingerprint density at radius 1 is 1.32 bits per heavy atom. The molecule has 0 radical (unpaired) electrons. The van der Waals surface area contributed by atoms with E-state index in [2.05, 4.69) is 15.9 Å². The molecule has 1 aromatic carbocycles. The Bertz CT molecular complexity index is 719. The van der Waals surface area contributed by atoms with E-state index in [1.54, 1.807) is 12.1 Å². The van der Waals surface area contributed by atoms with Crippen LogP contribution in [0.3, 0.4) is 0 Å². The predicted molar refractivity (Wildman–Crippen MR) is 87.3 cm³/mol. The van der Waals surface area contributed by atoms with Gasteiger partial charge in [0.2, 0.25) is 0 Å². The minimum absolute atomic E-state index is 0.0534. The van der Waals surface area contributed by atoms with Crippen LogP contribution in [-0.4, -0.2) is 44.6 Å². The number of halogens is 1. The van der Waals surface area contributed by atoms with Crippen LogP contribution in [0.25, 0.3) is 0 Å². The van der Waals surface area contributed by atoms with Gasteiger partial charge in [0.05, 0.1) is 4.90 Å². The fourth-order valence-corrected chi connectivity index (χ4v) is 5.58. The third kappa shape index (κ3) is 2.81. The van der Waals surface area contributed by atoms with E-state index < -0.39 is 9.84 Å². The van der Waals surface area contributed by atoms with Crippen molar-refractivity contribution in [3.63, 3.8) is 0 Å². The predicted octanol–water partition coefficient (Wildman–Crippen LogP) is 1.66. The number of fused-ring (bicyclic) bond motifs is 1. The molecule has 7 heteroatoms. The third-order valence-electron chi connectivity index (χ3n) is 4.78. The first-order valence-electron chi connectivity index (χ1n) is 7.32. The lowest BCUT2D eigenvalue weighted by atomic mass is 9.98. The van der Waals surface area contributed by atoms with Gasteiger partial charge in [-0.3, -0.25) is 4.79 Å². The number of likely N-dealkylation sites (tertiary alicyclic amines) is 1. The molecule has 3 unspecified atom stereocenters. The maximum atomic E-state index is 12.6. The maximum Gasteiger partial charge on any atom is 0.253 e. The third-order valence-corrected chi connectivity index (χ3v) is 6.85. The van der Waals surface area contributed by atoms with Crippen molar-refractivity contribution in [3.05, 3.63) is 28.2 Å². The Morgan fingerprint density at radius 3 is 2.64 bits per heavy atom. The summed E-state index contributed by atoms with van der Waals surface area (Å²) in [5, 5.41) is 0. The van der Waals surface area contributed by atoms with Crippen LogP contribution < -0.4 is 5.73 Å². The lowest BCUT2D eigenvalue weighted by Gasteiger charge is -2.19. The molecule has 0 spiro atoms. The zero-order chi connectivity index (χ0) is 16.1. The molecular formula is C15H19BrN2O3S. The van der Waals surface area contributed by atoms with Crippen LogP contribution in [0.5, 0.6) is 0 Å². The number of carbonyl (C=O) groups excluding carboxylic acids is 1. The van der Waals surface area contributed by atoms with Crippen molar-refractivity contribution in [3.8, 4) is 0 Å². The topological polar surface area (TPSA) is 80.5 Å². The normalized spacial score (nSPS) is 28.0. The van der Waals surface area contributed by atoms with E-state index in [1.807, 2.05) is 4.90 Å². The van der Waals surface area contributed by atoms with Gasteiger partial charge in [0.15, 0.2) is 9.84 Å². The Balaban J connectivity index is 1.81. The second kappa shape index (κ2) is 5.62. The summed E-state index contributed by atoms with van der Waals surface area (Å²) in [6, 6.07) is 4.85. The van der Waals surface area contributed by atoms with Crippen molar-refractivity contribution in [2.24, 2.45) is 17.6 Å². The van der Waals surface area contributed by atoms with E-state index in [-0.39, 0.29) is 16.8 Å². The van der Waals surface area contributed by atoms with Crippen LogP contribution in [0.1, 0.15) is 23.2 Å². The van der Waals surface area contributed by atoms with Crippen molar-refractivity contribution in [1.29, 1.82) is 0 Å². The number of amides is 1. The summed E-state index contributed by atoms with van der Waals surface area (Å²) < 4.78 is 23.7. The molecule has 1 heterocycles. The van der Waals surface area contributed by atoms with E-state index in [4.69, 9.17) is 5.73 Å². The molecule has 2 fully saturated rings. The Labute approximate surface area is 138 Å². The summed E-state index contributed by atoms with van der Waals surface area (Å²) in [6.07, 6.45) is 3.29. The van der Waals surface area contributed by atoms with Gasteiger partial charge in [-0.2, -0.15) is 0 Å². The number of rotatable bonds is 2. The highest BCUT2D eigenvalue weighted by molar-refractivity contribution is 9.10. The summed E-state index contributed by atoms with van der Waals surface area (Å²) in [7, 11) is -3.30. The molecule has 1 aliphatic carbocycles. The van der Waals surface area contributed by atoms with Gasteiger partial charge in [-0.25, -0.2) is 8.42 Å². The van der Waals surface area contributed by atoms with Crippen molar-refractivity contribution < 1.29 is 13.2 Å². The molecule has 3 rings (SSSR count). The smallest absolute Gasteiger partial charge is 0.253 e. The van der Waals surface area contributed by atoms with Gasteiger partial charge in [-0.15, -0.1) is 0 Å². The summed E-state index contributed by atoms with van der Waals surface area (Å²) in [5.74, 6) is 0.864. The quantitative estimate of drug-likeness (QED) is 0.837. The molecule has 1 saturated carbocycles. The molecule has 120 valence electrons. The highest BCUT2D eigenvalue weighted by atomic mass is 79.9. The van der Waals surface area contributed by atoms with Gasteiger partial charge in [0, 0.05) is 35.4 Å². The molecule has 5 nitrogen and oxygen atoms in total. The van der Waals surface area contributed by atoms with Gasteiger partial charge in [0.1, 0.15) is 0 Å². The largest absolute Gasteiger partial charge is 0.338 e. The van der Waals surface area contributed by atoms with Gasteiger partial charge >= 0.3 is 0 Å². The van der Waals surface area contributed by atoms with Gasteiger partial charge in [-0.05, 0) is 58.8 Å². The fraction of sp³-hybridized carbons (Fsp3) is 0.533. The Hall–Kier alpha value is -0.920. The molecule has 3 atom stereocenters. The average molecular weight is 387 g/mol. The van der Waals surface area contributed by atoms with Crippen molar-refractivity contribution in [1.82, 2.24) is 4.90 Å².